The smallest absolute Gasteiger partial charge is 0.264 e. The summed E-state index contributed by atoms with van der Waals surface area (Å²) in [5.74, 6) is 1.51. The SMILES string of the molecule is Cc1ccc(S(=O)(=O)N(Cc2ccccc2)c2ccc(Nc3nc(N4CCCCC4)nc(N4CCCCC4)n3)c(O)c2)cc1.Cl.N.N.O.[HH].[HH].[HH]. The largest absolute Gasteiger partial charge is 0.506 e. The molecule has 2 aliphatic rings. The Labute approximate surface area is 293 Å². The van der Waals surface area contributed by atoms with Crippen molar-refractivity contribution >= 4 is 51.7 Å². The monoisotopic (exact) mass is 707 g/mol. The fourth-order valence-electron chi connectivity index (χ4n) is 5.68. The van der Waals surface area contributed by atoms with Gasteiger partial charge in [0.05, 0.1) is 22.8 Å². The molecule has 2 aliphatic heterocycles. The molecule has 0 bridgehead atoms. The summed E-state index contributed by atoms with van der Waals surface area (Å²) in [7, 11) is -3.94. The van der Waals surface area contributed by atoms with E-state index in [-0.39, 0.29) is 51.7 Å². The Hall–Kier alpha value is -4.21. The molecule has 13 nitrogen and oxygen atoms in total. The number of aryl methyl sites for hydroxylation is 1. The highest BCUT2D eigenvalue weighted by Crippen LogP contribution is 2.34. The van der Waals surface area contributed by atoms with E-state index >= 15 is 0 Å². The van der Waals surface area contributed by atoms with Crippen LogP contribution < -0.4 is 31.7 Å². The van der Waals surface area contributed by atoms with E-state index in [4.69, 9.17) is 15.0 Å². The van der Waals surface area contributed by atoms with Crippen LogP contribution in [0.5, 0.6) is 5.75 Å². The fraction of sp³-hybridized carbons (Fsp3) is 0.364. The molecule has 0 radical (unpaired) electrons. The van der Waals surface area contributed by atoms with Crippen LogP contribution in [0.25, 0.3) is 0 Å². The Balaban J connectivity index is 0. The highest BCUT2D eigenvalue weighted by atomic mass is 35.5. The van der Waals surface area contributed by atoms with E-state index in [0.29, 0.717) is 29.2 Å². The lowest BCUT2D eigenvalue weighted by atomic mass is 10.1. The van der Waals surface area contributed by atoms with E-state index in [1.807, 2.05) is 37.3 Å². The predicted octanol–water partition coefficient (Wildman–Crippen LogP) is 6.66. The van der Waals surface area contributed by atoms with E-state index in [0.717, 1.165) is 63.0 Å². The number of hydrogen-bond donors (Lipinski definition) is 4. The lowest BCUT2D eigenvalue weighted by Gasteiger charge is -2.30. The number of phenols is 1. The number of nitrogens with zero attached hydrogens (tertiary/aromatic N) is 6. The van der Waals surface area contributed by atoms with Crippen molar-refractivity contribution in [2.75, 3.05) is 45.6 Å². The Morgan fingerprint density at radius 2 is 1.33 bits per heavy atom. The average Bonchev–Trinajstić information content (AvgIpc) is 3.06. The van der Waals surface area contributed by atoms with Crippen LogP contribution >= 0.6 is 12.4 Å². The minimum Gasteiger partial charge on any atom is -0.506 e. The van der Waals surface area contributed by atoms with Gasteiger partial charge in [-0.25, -0.2) is 8.42 Å². The lowest BCUT2D eigenvalue weighted by molar-refractivity contribution is 0.477. The number of anilines is 5. The van der Waals surface area contributed by atoms with Crippen molar-refractivity contribution in [3.8, 4) is 5.75 Å². The summed E-state index contributed by atoms with van der Waals surface area (Å²) >= 11 is 0. The van der Waals surface area contributed by atoms with Crippen molar-refractivity contribution in [2.24, 2.45) is 0 Å². The second-order valence-electron chi connectivity index (χ2n) is 11.5. The van der Waals surface area contributed by atoms with Crippen molar-refractivity contribution in [2.45, 2.75) is 56.9 Å². The van der Waals surface area contributed by atoms with Crippen LogP contribution in [0.2, 0.25) is 0 Å². The maximum absolute atomic E-state index is 13.9. The summed E-state index contributed by atoms with van der Waals surface area (Å²) < 4.78 is 29.1. The van der Waals surface area contributed by atoms with Gasteiger partial charge < -0.3 is 38.0 Å². The normalized spacial score (nSPS) is 14.4. The Morgan fingerprint density at radius 1 is 0.792 bits per heavy atom. The first-order valence-corrected chi connectivity index (χ1v) is 16.8. The van der Waals surface area contributed by atoms with Crippen molar-refractivity contribution in [3.63, 3.8) is 0 Å². The molecule has 0 atom stereocenters. The molecule has 268 valence electrons. The number of sulfonamides is 1. The van der Waals surface area contributed by atoms with Crippen LogP contribution in [0, 0.1) is 6.92 Å². The topological polar surface area (TPSA) is 216 Å². The van der Waals surface area contributed by atoms with Crippen LogP contribution in [0.15, 0.2) is 77.7 Å². The molecule has 3 aromatic carbocycles. The molecule has 48 heavy (non-hydrogen) atoms. The molecule has 10 N–H and O–H groups in total. The standard InChI is InChI=1S/C33H39N7O3S.ClH.2H3N.H2O.3H2/c1-25-13-16-28(17-14-25)44(42,43)40(24-26-11-5-2-6-12-26)27-15-18-29(30(41)23-27)34-31-35-32(38-19-7-3-8-20-38)37-33(36-31)39-21-9-4-10-22-39;;;;;;;/h2,5-6,11-18,23,41H,3-4,7-10,19-22,24H2,1H3,(H,34,35,36,37);1H;2*1H3;1H2;3*1H. The molecule has 6 rings (SSSR count). The molecule has 2 saturated heterocycles. The number of halogens is 1. The van der Waals surface area contributed by atoms with Crippen molar-refractivity contribution < 1.29 is 23.3 Å². The molecule has 3 heterocycles. The Bertz CT molecular complexity index is 1670. The van der Waals surface area contributed by atoms with Crippen LogP contribution in [0.1, 0.15) is 53.9 Å². The van der Waals surface area contributed by atoms with Gasteiger partial charge in [0.15, 0.2) is 0 Å². The molecule has 2 fully saturated rings. The van der Waals surface area contributed by atoms with Crippen molar-refractivity contribution in [1.29, 1.82) is 0 Å². The Morgan fingerprint density at radius 3 is 1.85 bits per heavy atom. The van der Waals surface area contributed by atoms with Gasteiger partial charge in [0, 0.05) is 36.5 Å². The van der Waals surface area contributed by atoms with Crippen molar-refractivity contribution in [3.05, 3.63) is 83.9 Å². The molecular weight excluding hydrogens is 654 g/mol. The molecule has 1 aromatic heterocycles. The van der Waals surface area contributed by atoms with E-state index in [1.165, 1.54) is 23.2 Å². The highest BCUT2D eigenvalue weighted by Gasteiger charge is 2.27. The van der Waals surface area contributed by atoms with E-state index in [1.54, 1.807) is 36.4 Å². The number of benzene rings is 3. The number of rotatable bonds is 9. The van der Waals surface area contributed by atoms with Crippen LogP contribution in [0.3, 0.4) is 0 Å². The zero-order chi connectivity index (χ0) is 30.5. The van der Waals surface area contributed by atoms with Crippen LogP contribution in [-0.2, 0) is 16.6 Å². The maximum atomic E-state index is 13.9. The van der Waals surface area contributed by atoms with Gasteiger partial charge in [0.2, 0.25) is 17.8 Å². The van der Waals surface area contributed by atoms with E-state index in [9.17, 15) is 13.5 Å². The fourth-order valence-corrected chi connectivity index (χ4v) is 7.13. The number of hydrogen-bond acceptors (Lipinski definition) is 11. The molecule has 15 heteroatoms. The number of phenolic OH excluding ortho intramolecular Hbond substituents is 1. The van der Waals surface area contributed by atoms with Gasteiger partial charge in [0.25, 0.3) is 10.0 Å². The number of piperidine rings is 2. The molecule has 0 spiro atoms. The third-order valence-electron chi connectivity index (χ3n) is 8.18. The summed E-state index contributed by atoms with van der Waals surface area (Å²) in [6, 6.07) is 21.0. The molecular formula is C33H54ClN9O4S. The third-order valence-corrected chi connectivity index (χ3v) is 9.97. The zero-order valence-electron chi connectivity index (χ0n) is 27.4. The van der Waals surface area contributed by atoms with Crippen LogP contribution in [-0.4, -0.2) is 60.1 Å². The minimum absolute atomic E-state index is 0. The second-order valence-corrected chi connectivity index (χ2v) is 13.4. The molecule has 0 amide bonds. The molecule has 0 aliphatic carbocycles. The summed E-state index contributed by atoms with van der Waals surface area (Å²) in [5.41, 5.74) is 2.51. The molecule has 0 unspecified atom stereocenters. The van der Waals surface area contributed by atoms with Crippen LogP contribution in [0.4, 0.5) is 29.2 Å². The van der Waals surface area contributed by atoms with Gasteiger partial charge in [-0.2, -0.15) is 15.0 Å². The number of aromatic hydroxyl groups is 1. The van der Waals surface area contributed by atoms with Gasteiger partial charge in [-0.1, -0.05) is 48.0 Å². The minimum atomic E-state index is -3.94. The molecule has 0 saturated carbocycles. The highest BCUT2D eigenvalue weighted by molar-refractivity contribution is 7.92. The van der Waals surface area contributed by atoms with Gasteiger partial charge in [-0.05, 0) is 75.3 Å². The van der Waals surface area contributed by atoms with Gasteiger partial charge in [-0.3, -0.25) is 4.31 Å². The first kappa shape index (κ1) is 40.0. The van der Waals surface area contributed by atoms with Gasteiger partial charge in [-0.15, -0.1) is 12.4 Å². The van der Waals surface area contributed by atoms with Gasteiger partial charge in [0.1, 0.15) is 5.75 Å². The van der Waals surface area contributed by atoms with E-state index < -0.39 is 10.0 Å². The summed E-state index contributed by atoms with van der Waals surface area (Å²) in [4.78, 5) is 18.9. The number of nitrogens with one attached hydrogen (secondary N) is 1. The third kappa shape index (κ3) is 9.23. The summed E-state index contributed by atoms with van der Waals surface area (Å²) in [6.45, 7) is 5.62. The first-order chi connectivity index (χ1) is 21.4. The lowest BCUT2D eigenvalue weighted by Crippen LogP contribution is -2.34. The number of aromatic nitrogens is 3. The predicted molar refractivity (Wildman–Crippen MR) is 202 cm³/mol. The summed E-state index contributed by atoms with van der Waals surface area (Å²) in [6.07, 6.45) is 6.79. The van der Waals surface area contributed by atoms with Gasteiger partial charge >= 0.3 is 0 Å². The maximum Gasteiger partial charge on any atom is 0.264 e. The zero-order valence-corrected chi connectivity index (χ0v) is 29.0. The van der Waals surface area contributed by atoms with Crippen molar-refractivity contribution in [1.82, 2.24) is 27.3 Å². The molecule has 4 aromatic rings. The second kappa shape index (κ2) is 17.8. The average molecular weight is 708 g/mol. The first-order valence-electron chi connectivity index (χ1n) is 15.4. The Kier molecular flexibility index (Phi) is 14.8. The quantitative estimate of drug-likeness (QED) is 0.135. The summed E-state index contributed by atoms with van der Waals surface area (Å²) in [5, 5.41) is 14.4. The van der Waals surface area contributed by atoms with E-state index in [2.05, 4.69) is 15.1 Å².